The first kappa shape index (κ1) is 9.02. The molecule has 0 bridgehead atoms. The van der Waals surface area contributed by atoms with Gasteiger partial charge in [0.25, 0.3) is 0 Å². The molecule has 1 aliphatic rings. The Hall–Kier alpha value is -0.550. The molecule has 1 aromatic carbocycles. The quantitative estimate of drug-likeness (QED) is 0.619. The fourth-order valence-corrected chi connectivity index (χ4v) is 2.78. The Morgan fingerprint density at radius 1 is 1.08 bits per heavy atom. The van der Waals surface area contributed by atoms with Crippen LogP contribution in [-0.2, 0) is 0 Å². The van der Waals surface area contributed by atoms with E-state index < -0.39 is 0 Å². The molecule has 1 saturated heterocycles. The van der Waals surface area contributed by atoms with Crippen molar-refractivity contribution in [2.24, 2.45) is 0 Å². The predicted molar refractivity (Wildman–Crippen MR) is 61.4 cm³/mol. The van der Waals surface area contributed by atoms with Gasteiger partial charge in [-0.3, -0.25) is 0 Å². The molecule has 0 saturated carbocycles. The molecule has 70 valence electrons. The molecule has 1 nitrogen and oxygen atoms in total. The third-order valence-electron chi connectivity index (χ3n) is 2.52. The summed E-state index contributed by atoms with van der Waals surface area (Å²) in [5.41, 5.74) is 2.75. The number of nitrogens with zero attached hydrogens (tertiary/aromatic N) is 1. The highest BCUT2D eigenvalue weighted by molar-refractivity contribution is 7.38. The third kappa shape index (κ3) is 2.22. The van der Waals surface area contributed by atoms with Crippen LogP contribution in [0.4, 0.5) is 5.69 Å². The summed E-state index contributed by atoms with van der Waals surface area (Å²) in [5, 5.41) is 0. The van der Waals surface area contributed by atoms with E-state index >= 15 is 0 Å². The molecule has 2 rings (SSSR count). The summed E-state index contributed by atoms with van der Waals surface area (Å²) in [6.07, 6.45) is 2.77. The van der Waals surface area contributed by atoms with Gasteiger partial charge in [-0.1, -0.05) is 17.7 Å². The van der Waals surface area contributed by atoms with Gasteiger partial charge in [-0.25, -0.2) is 0 Å². The van der Waals surface area contributed by atoms with Gasteiger partial charge in [0.15, 0.2) is 0 Å². The summed E-state index contributed by atoms with van der Waals surface area (Å²) < 4.78 is 0. The summed E-state index contributed by atoms with van der Waals surface area (Å²) in [5.74, 6) is 0. The fraction of sp³-hybridized carbons (Fsp3) is 0.455. The molecule has 13 heavy (non-hydrogen) atoms. The third-order valence-corrected chi connectivity index (χ3v) is 3.67. The molecule has 1 fully saturated rings. The zero-order valence-corrected chi connectivity index (χ0v) is 9.09. The second kappa shape index (κ2) is 4.11. The smallest absolute Gasteiger partial charge is 0.0366 e. The second-order valence-electron chi connectivity index (χ2n) is 3.57. The Balaban J connectivity index is 2.10. The first-order valence-corrected chi connectivity index (χ1v) is 6.30. The van der Waals surface area contributed by atoms with Crippen molar-refractivity contribution in [3.8, 4) is 0 Å². The maximum Gasteiger partial charge on any atom is 0.0366 e. The van der Waals surface area contributed by atoms with Crippen LogP contribution < -0.4 is 4.90 Å². The molecule has 0 spiro atoms. The normalized spacial score (nSPS) is 17.5. The Bertz CT molecular complexity index is 262. The SMILES string of the molecule is Cc1ccc(N2CCPCC2)cc1. The van der Waals surface area contributed by atoms with E-state index in [2.05, 4.69) is 36.1 Å². The molecule has 0 aliphatic carbocycles. The Morgan fingerprint density at radius 3 is 2.31 bits per heavy atom. The van der Waals surface area contributed by atoms with Crippen molar-refractivity contribution < 1.29 is 0 Å². The Morgan fingerprint density at radius 2 is 1.69 bits per heavy atom. The van der Waals surface area contributed by atoms with E-state index in [1.165, 1.54) is 45.2 Å². The molecule has 1 aromatic rings. The number of anilines is 1. The monoisotopic (exact) mass is 193 g/mol. The first-order valence-electron chi connectivity index (χ1n) is 4.88. The van der Waals surface area contributed by atoms with Crippen LogP contribution >= 0.6 is 8.58 Å². The van der Waals surface area contributed by atoms with E-state index in [0.717, 1.165) is 0 Å². The summed E-state index contributed by atoms with van der Waals surface area (Å²) in [7, 11) is 1.19. The maximum atomic E-state index is 2.50. The minimum Gasteiger partial charge on any atom is -0.371 e. The summed E-state index contributed by atoms with van der Waals surface area (Å²) in [6, 6.07) is 8.88. The average molecular weight is 193 g/mol. The molecular formula is C11H16NP. The van der Waals surface area contributed by atoms with Gasteiger partial charge < -0.3 is 4.90 Å². The van der Waals surface area contributed by atoms with Gasteiger partial charge in [-0.05, 0) is 31.4 Å². The first-order chi connectivity index (χ1) is 6.36. The lowest BCUT2D eigenvalue weighted by molar-refractivity contribution is 0.853. The standard InChI is InChI=1S/C11H16NP/c1-10-2-4-11(5-3-10)12-6-8-13-9-7-12/h2-5,13H,6-9H2,1H3. The lowest BCUT2D eigenvalue weighted by atomic mass is 10.2. The summed E-state index contributed by atoms with van der Waals surface area (Å²) >= 11 is 0. The Labute approximate surface area is 81.9 Å². The highest BCUT2D eigenvalue weighted by Gasteiger charge is 2.09. The van der Waals surface area contributed by atoms with Gasteiger partial charge in [-0.2, -0.15) is 0 Å². The lowest BCUT2D eigenvalue weighted by Crippen LogP contribution is -2.31. The zero-order valence-electron chi connectivity index (χ0n) is 8.09. The molecule has 0 N–H and O–H groups in total. The van der Waals surface area contributed by atoms with Crippen molar-refractivity contribution in [1.29, 1.82) is 0 Å². The van der Waals surface area contributed by atoms with Gasteiger partial charge in [0.2, 0.25) is 0 Å². The number of rotatable bonds is 1. The Kier molecular flexibility index (Phi) is 2.85. The van der Waals surface area contributed by atoms with Crippen molar-refractivity contribution in [2.45, 2.75) is 6.92 Å². The van der Waals surface area contributed by atoms with E-state index in [1.807, 2.05) is 0 Å². The van der Waals surface area contributed by atoms with E-state index in [4.69, 9.17) is 0 Å². The van der Waals surface area contributed by atoms with E-state index in [0.29, 0.717) is 0 Å². The highest BCUT2D eigenvalue weighted by Crippen LogP contribution is 2.22. The molecule has 2 heteroatoms. The minimum absolute atomic E-state index is 1.19. The van der Waals surface area contributed by atoms with Crippen LogP contribution in [0.15, 0.2) is 24.3 Å². The van der Waals surface area contributed by atoms with Gasteiger partial charge in [0, 0.05) is 18.8 Å². The van der Waals surface area contributed by atoms with E-state index in [-0.39, 0.29) is 0 Å². The number of aryl methyl sites for hydroxylation is 1. The topological polar surface area (TPSA) is 3.24 Å². The van der Waals surface area contributed by atoms with Crippen molar-refractivity contribution in [3.63, 3.8) is 0 Å². The molecule has 0 atom stereocenters. The molecule has 1 heterocycles. The van der Waals surface area contributed by atoms with Gasteiger partial charge in [0.1, 0.15) is 0 Å². The van der Waals surface area contributed by atoms with Crippen LogP contribution in [0.5, 0.6) is 0 Å². The highest BCUT2D eigenvalue weighted by atomic mass is 31.1. The van der Waals surface area contributed by atoms with Crippen molar-refractivity contribution >= 4 is 14.3 Å². The second-order valence-corrected chi connectivity index (χ2v) is 5.07. The number of benzene rings is 1. The van der Waals surface area contributed by atoms with Crippen LogP contribution in [0.3, 0.4) is 0 Å². The molecule has 0 amide bonds. The summed E-state index contributed by atoms with van der Waals surface area (Å²) in [4.78, 5) is 2.50. The van der Waals surface area contributed by atoms with E-state index in [9.17, 15) is 0 Å². The van der Waals surface area contributed by atoms with Gasteiger partial charge in [0.05, 0.1) is 0 Å². The lowest BCUT2D eigenvalue weighted by Gasteiger charge is -2.28. The fourth-order valence-electron chi connectivity index (χ4n) is 1.68. The van der Waals surface area contributed by atoms with Gasteiger partial charge in [-0.15, -0.1) is 8.58 Å². The van der Waals surface area contributed by atoms with Crippen molar-refractivity contribution in [2.75, 3.05) is 30.3 Å². The maximum absolute atomic E-state index is 2.50. The largest absolute Gasteiger partial charge is 0.371 e. The summed E-state index contributed by atoms with van der Waals surface area (Å²) in [6.45, 7) is 4.64. The minimum atomic E-state index is 1.19. The molecule has 1 aliphatic heterocycles. The van der Waals surface area contributed by atoms with Gasteiger partial charge >= 0.3 is 0 Å². The van der Waals surface area contributed by atoms with Crippen molar-refractivity contribution in [1.82, 2.24) is 0 Å². The zero-order chi connectivity index (χ0) is 9.10. The average Bonchev–Trinajstić information content (AvgIpc) is 2.20. The molecule has 0 aromatic heterocycles. The van der Waals surface area contributed by atoms with E-state index in [1.54, 1.807) is 0 Å². The molecule has 0 unspecified atom stereocenters. The molecular weight excluding hydrogens is 177 g/mol. The van der Waals surface area contributed by atoms with Crippen LogP contribution in [0.2, 0.25) is 0 Å². The number of hydrogen-bond acceptors (Lipinski definition) is 1. The number of hydrogen-bond donors (Lipinski definition) is 0. The van der Waals surface area contributed by atoms with Crippen LogP contribution in [-0.4, -0.2) is 25.4 Å². The molecule has 0 radical (unpaired) electrons. The van der Waals surface area contributed by atoms with Crippen molar-refractivity contribution in [3.05, 3.63) is 29.8 Å². The van der Waals surface area contributed by atoms with Crippen LogP contribution in [0.1, 0.15) is 5.56 Å². The predicted octanol–water partition coefficient (Wildman–Crippen LogP) is 2.49. The van der Waals surface area contributed by atoms with Crippen LogP contribution in [0.25, 0.3) is 0 Å². The van der Waals surface area contributed by atoms with Crippen LogP contribution in [0, 0.1) is 6.92 Å².